The molecule has 3 aromatic rings. The number of hydrogen-bond donors (Lipinski definition) is 3. The number of aliphatic hydroxyl groups is 1. The quantitative estimate of drug-likeness (QED) is 0.390. The number of carbonyl (C=O) groups excluding carboxylic acids is 2. The average molecular weight is 550 g/mol. The molecule has 3 N–H and O–H groups in total. The molecule has 214 valence electrons. The van der Waals surface area contributed by atoms with Gasteiger partial charge in [0.25, 0.3) is 0 Å². The molecule has 2 fully saturated rings. The predicted octanol–water partition coefficient (Wildman–Crippen LogP) is 2.06. The molecule has 0 aliphatic carbocycles. The number of piperazine rings is 1. The minimum atomic E-state index is -0.771. The summed E-state index contributed by atoms with van der Waals surface area (Å²) >= 11 is 0. The highest BCUT2D eigenvalue weighted by atomic mass is 16.5. The number of aryl methyl sites for hydroxylation is 1. The first-order valence-corrected chi connectivity index (χ1v) is 14.0. The topological polar surface area (TPSA) is 129 Å². The molecule has 2 unspecified atom stereocenters. The van der Waals surface area contributed by atoms with E-state index >= 15 is 0 Å². The van der Waals surface area contributed by atoms with Crippen molar-refractivity contribution in [3.8, 4) is 11.3 Å². The van der Waals surface area contributed by atoms with E-state index in [2.05, 4.69) is 25.8 Å². The lowest BCUT2D eigenvalue weighted by molar-refractivity contribution is -0.141. The van der Waals surface area contributed by atoms with Crippen LogP contribution in [0.25, 0.3) is 11.3 Å². The molecule has 0 radical (unpaired) electrons. The zero-order valence-corrected chi connectivity index (χ0v) is 23.6. The number of nitrogens with zero attached hydrogens (tertiary/aromatic N) is 5. The fourth-order valence-electron chi connectivity index (χ4n) is 5.68. The molecule has 2 aliphatic heterocycles. The molecule has 0 saturated carbocycles. The van der Waals surface area contributed by atoms with E-state index in [0.29, 0.717) is 11.6 Å². The van der Waals surface area contributed by atoms with Crippen LogP contribution in [0.3, 0.4) is 0 Å². The molecule has 2 aromatic heterocycles. The summed E-state index contributed by atoms with van der Waals surface area (Å²) < 4.78 is 7.49. The fraction of sp³-hybridized carbons (Fsp3) is 0.517. The zero-order valence-electron chi connectivity index (χ0n) is 23.6. The summed E-state index contributed by atoms with van der Waals surface area (Å²) in [6.45, 7) is 9.29. The summed E-state index contributed by atoms with van der Waals surface area (Å²) in [5, 5.41) is 25.3. The highest BCUT2D eigenvalue weighted by Gasteiger charge is 2.43. The molecule has 4 heterocycles. The van der Waals surface area contributed by atoms with Gasteiger partial charge in [-0.05, 0) is 30.0 Å². The second-order valence-electron chi connectivity index (χ2n) is 11.1. The zero-order chi connectivity index (χ0) is 28.4. The van der Waals surface area contributed by atoms with Crippen molar-refractivity contribution < 1.29 is 19.2 Å². The number of β-amino-alcohol motifs (C(OH)–C–C–N with tert-alkyl or cyclic N) is 1. The summed E-state index contributed by atoms with van der Waals surface area (Å²) in [6.07, 6.45) is 1.18. The standard InChI is InChI=1S/C29H39N7O4/c1-18(2)27(25-16-26(33-40-25)35-13-11-30-12-14-35)29(39)36-17-22(37)15-24(36)28(38)32-19(3)20-5-7-21(8-6-20)23-9-10-31-34(23)4/h5-10,16,18-19,22,24,27,30,37H,11-15,17H2,1-4H3,(H,32,38)/t19?,22-,24+,27?/m1/s1. The van der Waals surface area contributed by atoms with Crippen molar-refractivity contribution in [1.29, 1.82) is 0 Å². The third kappa shape index (κ3) is 5.75. The van der Waals surface area contributed by atoms with E-state index in [-0.39, 0.29) is 36.7 Å². The van der Waals surface area contributed by atoms with Gasteiger partial charge in [-0.25, -0.2) is 0 Å². The second kappa shape index (κ2) is 11.8. The van der Waals surface area contributed by atoms with Gasteiger partial charge >= 0.3 is 0 Å². The molecule has 0 spiro atoms. The lowest BCUT2D eigenvalue weighted by atomic mass is 9.91. The summed E-state index contributed by atoms with van der Waals surface area (Å²) in [7, 11) is 1.90. The maximum absolute atomic E-state index is 13.9. The molecule has 2 aliphatic rings. The number of rotatable bonds is 8. The van der Waals surface area contributed by atoms with Gasteiger partial charge in [-0.15, -0.1) is 0 Å². The number of carbonyl (C=O) groups is 2. The molecule has 11 heteroatoms. The van der Waals surface area contributed by atoms with E-state index in [9.17, 15) is 14.7 Å². The molecule has 2 amide bonds. The van der Waals surface area contributed by atoms with E-state index < -0.39 is 18.1 Å². The number of nitrogens with one attached hydrogen (secondary N) is 2. The summed E-state index contributed by atoms with van der Waals surface area (Å²) in [4.78, 5) is 31.0. The van der Waals surface area contributed by atoms with Crippen molar-refractivity contribution in [3.05, 3.63) is 53.9 Å². The maximum atomic E-state index is 13.9. The summed E-state index contributed by atoms with van der Waals surface area (Å²) in [5.74, 6) is -0.0149. The molecular weight excluding hydrogens is 510 g/mol. The highest BCUT2D eigenvalue weighted by Crippen LogP contribution is 2.33. The van der Waals surface area contributed by atoms with Crippen LogP contribution in [0.1, 0.15) is 50.5 Å². The van der Waals surface area contributed by atoms with Crippen LogP contribution >= 0.6 is 0 Å². The number of hydrogen-bond acceptors (Lipinski definition) is 8. The fourth-order valence-corrected chi connectivity index (χ4v) is 5.68. The molecule has 5 rings (SSSR count). The average Bonchev–Trinajstić information content (AvgIpc) is 3.69. The Labute approximate surface area is 234 Å². The largest absolute Gasteiger partial charge is 0.391 e. The molecule has 40 heavy (non-hydrogen) atoms. The second-order valence-corrected chi connectivity index (χ2v) is 11.1. The van der Waals surface area contributed by atoms with Gasteiger partial charge in [-0.3, -0.25) is 14.3 Å². The van der Waals surface area contributed by atoms with Gasteiger partial charge in [-0.1, -0.05) is 43.3 Å². The predicted molar refractivity (Wildman–Crippen MR) is 150 cm³/mol. The Morgan fingerprint density at radius 1 is 1.12 bits per heavy atom. The van der Waals surface area contributed by atoms with Crippen molar-refractivity contribution in [2.75, 3.05) is 37.6 Å². The van der Waals surface area contributed by atoms with Crippen LogP contribution in [0.15, 0.2) is 47.1 Å². The highest BCUT2D eigenvalue weighted by molar-refractivity contribution is 5.91. The molecule has 1 aromatic carbocycles. The van der Waals surface area contributed by atoms with Crippen molar-refractivity contribution >= 4 is 17.6 Å². The molecule has 4 atom stereocenters. The number of anilines is 1. The van der Waals surface area contributed by atoms with Crippen molar-refractivity contribution in [2.24, 2.45) is 13.0 Å². The van der Waals surface area contributed by atoms with Crippen molar-refractivity contribution in [3.63, 3.8) is 0 Å². The number of aliphatic hydroxyl groups excluding tert-OH is 1. The van der Waals surface area contributed by atoms with Crippen LogP contribution in [0, 0.1) is 5.92 Å². The Hall–Kier alpha value is -3.70. The number of likely N-dealkylation sites (tertiary alicyclic amines) is 1. The molecule has 11 nitrogen and oxygen atoms in total. The van der Waals surface area contributed by atoms with Crippen LogP contribution in [0.4, 0.5) is 5.82 Å². The van der Waals surface area contributed by atoms with E-state index in [1.54, 1.807) is 6.20 Å². The van der Waals surface area contributed by atoms with Crippen LogP contribution in [0.5, 0.6) is 0 Å². The Morgan fingerprint density at radius 3 is 2.50 bits per heavy atom. The minimum absolute atomic E-state index is 0.0883. The first-order valence-electron chi connectivity index (χ1n) is 14.0. The van der Waals surface area contributed by atoms with Gasteiger partial charge in [-0.2, -0.15) is 5.10 Å². The van der Waals surface area contributed by atoms with Gasteiger partial charge in [0.2, 0.25) is 11.8 Å². The van der Waals surface area contributed by atoms with Gasteiger partial charge < -0.3 is 30.1 Å². The SMILES string of the molecule is CC(NC(=O)[C@@H]1C[C@@H](O)CN1C(=O)C(c1cc(N2CCNCC2)no1)C(C)C)c1ccc(-c2ccnn2C)cc1. The van der Waals surface area contributed by atoms with Gasteiger partial charge in [0.15, 0.2) is 11.6 Å². The van der Waals surface area contributed by atoms with E-state index in [1.165, 1.54) is 4.90 Å². The Bertz CT molecular complexity index is 1310. The van der Waals surface area contributed by atoms with Gasteiger partial charge in [0, 0.05) is 58.5 Å². The third-order valence-electron chi connectivity index (χ3n) is 7.95. The van der Waals surface area contributed by atoms with E-state index in [1.807, 2.05) is 68.9 Å². The van der Waals surface area contributed by atoms with Crippen molar-refractivity contribution in [2.45, 2.75) is 51.3 Å². The van der Waals surface area contributed by atoms with Gasteiger partial charge in [0.05, 0.1) is 17.8 Å². The first-order chi connectivity index (χ1) is 19.2. The lowest BCUT2D eigenvalue weighted by Gasteiger charge is -2.29. The molecule has 2 saturated heterocycles. The summed E-state index contributed by atoms with van der Waals surface area (Å²) in [6, 6.07) is 10.7. The summed E-state index contributed by atoms with van der Waals surface area (Å²) in [5.41, 5.74) is 2.98. The maximum Gasteiger partial charge on any atom is 0.243 e. The number of aromatic nitrogens is 3. The van der Waals surface area contributed by atoms with Crippen LogP contribution in [-0.2, 0) is 16.6 Å². The van der Waals surface area contributed by atoms with Crippen LogP contribution in [-0.4, -0.2) is 81.6 Å². The van der Waals surface area contributed by atoms with E-state index in [4.69, 9.17) is 4.52 Å². The monoisotopic (exact) mass is 549 g/mol. The van der Waals surface area contributed by atoms with Crippen molar-refractivity contribution in [1.82, 2.24) is 30.5 Å². The Balaban J connectivity index is 1.28. The van der Waals surface area contributed by atoms with E-state index in [0.717, 1.165) is 43.0 Å². The smallest absolute Gasteiger partial charge is 0.243 e. The molecule has 0 bridgehead atoms. The number of amides is 2. The Morgan fingerprint density at radius 2 is 1.85 bits per heavy atom. The third-order valence-corrected chi connectivity index (χ3v) is 7.95. The normalized spacial score (nSPS) is 21.1. The van der Waals surface area contributed by atoms with Crippen LogP contribution in [0.2, 0.25) is 0 Å². The lowest BCUT2D eigenvalue weighted by Crippen LogP contribution is -2.48. The van der Waals surface area contributed by atoms with Gasteiger partial charge in [0.1, 0.15) is 12.0 Å². The minimum Gasteiger partial charge on any atom is -0.391 e. The molecular formula is C29H39N7O4. The van der Waals surface area contributed by atoms with Crippen LogP contribution < -0.4 is 15.5 Å². The Kier molecular flexibility index (Phi) is 8.22. The number of benzene rings is 1. The first kappa shape index (κ1) is 27.9.